The van der Waals surface area contributed by atoms with Crippen molar-refractivity contribution in [2.24, 2.45) is 0 Å². The zero-order chi connectivity index (χ0) is 20.0. The molecule has 0 radical (unpaired) electrons. The summed E-state index contributed by atoms with van der Waals surface area (Å²) in [5, 5.41) is 6.69. The maximum Gasteiger partial charge on any atom is 0.263 e. The van der Waals surface area contributed by atoms with Crippen LogP contribution in [0.1, 0.15) is 16.8 Å². The van der Waals surface area contributed by atoms with Crippen molar-refractivity contribution < 1.29 is 8.94 Å². The Labute approximate surface area is 170 Å². The number of hydrogen-bond donors (Lipinski definition) is 0. The average molecular weight is 403 g/mol. The molecule has 0 amide bonds. The van der Waals surface area contributed by atoms with Crippen LogP contribution in [0.15, 0.2) is 68.1 Å². The van der Waals surface area contributed by atoms with Gasteiger partial charge in [-0.1, -0.05) is 23.4 Å². The first-order chi connectivity index (χ1) is 14.1. The van der Waals surface area contributed by atoms with E-state index in [4.69, 9.17) is 8.94 Å². The Kier molecular flexibility index (Phi) is 4.17. The highest BCUT2D eigenvalue weighted by molar-refractivity contribution is 7.17. The second kappa shape index (κ2) is 6.86. The van der Waals surface area contributed by atoms with Gasteiger partial charge in [0.2, 0.25) is 5.76 Å². The highest BCUT2D eigenvalue weighted by Gasteiger charge is 2.15. The number of hydrogen-bond acceptors (Lipinski definition) is 6. The third kappa shape index (κ3) is 3.09. The molecule has 0 saturated carbocycles. The van der Waals surface area contributed by atoms with Crippen LogP contribution in [0.4, 0.5) is 0 Å². The summed E-state index contributed by atoms with van der Waals surface area (Å²) in [6, 6.07) is 11.6. The van der Waals surface area contributed by atoms with Crippen molar-refractivity contribution in [1.82, 2.24) is 14.7 Å². The normalized spacial score (nSPS) is 11.4. The summed E-state index contributed by atoms with van der Waals surface area (Å²) in [6.07, 6.45) is 3.14. The standard InChI is InChI=1S/C22H17N3O3S/c1-13-5-6-15(8-14(13)2)17-11-29-21-20(17)22(26)25(12-23-21)10-16-9-19(28-24-16)18-4-3-7-27-18/h3-9,11-12H,10H2,1-2H3. The summed E-state index contributed by atoms with van der Waals surface area (Å²) in [5.74, 6) is 1.12. The molecular weight excluding hydrogens is 386 g/mol. The number of aromatic nitrogens is 3. The molecule has 0 aliphatic carbocycles. The van der Waals surface area contributed by atoms with Gasteiger partial charge in [0.15, 0.2) is 5.76 Å². The van der Waals surface area contributed by atoms with Gasteiger partial charge in [0.1, 0.15) is 10.5 Å². The first-order valence-corrected chi connectivity index (χ1v) is 10.0. The number of rotatable bonds is 4. The molecule has 1 aromatic carbocycles. The lowest BCUT2D eigenvalue weighted by Gasteiger charge is -2.06. The lowest BCUT2D eigenvalue weighted by molar-refractivity contribution is 0.408. The van der Waals surface area contributed by atoms with Crippen molar-refractivity contribution in [3.05, 3.63) is 81.5 Å². The van der Waals surface area contributed by atoms with Crippen LogP contribution in [0.3, 0.4) is 0 Å². The predicted octanol–water partition coefficient (Wildman–Crippen LogP) is 5.04. The maximum atomic E-state index is 13.2. The van der Waals surface area contributed by atoms with Crippen LogP contribution in [-0.4, -0.2) is 14.7 Å². The van der Waals surface area contributed by atoms with Gasteiger partial charge in [-0.3, -0.25) is 9.36 Å². The monoisotopic (exact) mass is 403 g/mol. The quantitative estimate of drug-likeness (QED) is 0.420. The fraction of sp³-hybridized carbons (Fsp3) is 0.136. The molecule has 0 atom stereocenters. The first-order valence-electron chi connectivity index (χ1n) is 9.14. The van der Waals surface area contributed by atoms with Crippen LogP contribution < -0.4 is 5.56 Å². The summed E-state index contributed by atoms with van der Waals surface area (Å²) in [5.41, 5.74) is 4.89. The molecule has 144 valence electrons. The van der Waals surface area contributed by atoms with Crippen molar-refractivity contribution in [2.75, 3.05) is 0 Å². The van der Waals surface area contributed by atoms with Crippen molar-refractivity contribution in [3.8, 4) is 22.6 Å². The van der Waals surface area contributed by atoms with Crippen molar-refractivity contribution in [2.45, 2.75) is 20.4 Å². The van der Waals surface area contributed by atoms with E-state index in [1.54, 1.807) is 35.4 Å². The largest absolute Gasteiger partial charge is 0.461 e. The van der Waals surface area contributed by atoms with Gasteiger partial charge in [-0.05, 0) is 42.7 Å². The lowest BCUT2D eigenvalue weighted by atomic mass is 10.0. The van der Waals surface area contributed by atoms with E-state index in [0.29, 0.717) is 22.6 Å². The topological polar surface area (TPSA) is 74.1 Å². The Bertz CT molecular complexity index is 1380. The van der Waals surface area contributed by atoms with Gasteiger partial charge >= 0.3 is 0 Å². The number of aryl methyl sites for hydroxylation is 2. The molecule has 0 aliphatic heterocycles. The molecule has 0 spiro atoms. The number of benzene rings is 1. The minimum absolute atomic E-state index is 0.0907. The van der Waals surface area contributed by atoms with Crippen LogP contribution in [0.2, 0.25) is 0 Å². The maximum absolute atomic E-state index is 13.2. The van der Waals surface area contributed by atoms with Crippen LogP contribution >= 0.6 is 11.3 Å². The zero-order valence-electron chi connectivity index (χ0n) is 15.9. The Morgan fingerprint density at radius 3 is 2.79 bits per heavy atom. The third-order valence-electron chi connectivity index (χ3n) is 5.03. The number of furan rings is 1. The van der Waals surface area contributed by atoms with E-state index in [9.17, 15) is 4.79 Å². The SMILES string of the molecule is Cc1ccc(-c2csc3ncn(Cc4cc(-c5ccco5)on4)c(=O)c23)cc1C. The highest BCUT2D eigenvalue weighted by atomic mass is 32.1. The first kappa shape index (κ1) is 17.6. The summed E-state index contributed by atoms with van der Waals surface area (Å²) in [6.45, 7) is 4.42. The van der Waals surface area contributed by atoms with Crippen molar-refractivity contribution in [1.29, 1.82) is 0 Å². The molecule has 6 nitrogen and oxygen atoms in total. The molecule has 7 heteroatoms. The van der Waals surface area contributed by atoms with Crippen molar-refractivity contribution in [3.63, 3.8) is 0 Å². The zero-order valence-corrected chi connectivity index (χ0v) is 16.7. The van der Waals surface area contributed by atoms with Gasteiger partial charge in [0.05, 0.1) is 24.5 Å². The van der Waals surface area contributed by atoms with Crippen LogP contribution in [0, 0.1) is 13.8 Å². The second-order valence-electron chi connectivity index (χ2n) is 6.97. The molecule has 0 fully saturated rings. The van der Waals surface area contributed by atoms with Gasteiger partial charge < -0.3 is 8.94 Å². The van der Waals surface area contributed by atoms with E-state index in [1.165, 1.54) is 22.5 Å². The Morgan fingerprint density at radius 2 is 2.00 bits per heavy atom. The molecule has 4 aromatic heterocycles. The van der Waals surface area contributed by atoms with Gasteiger partial charge in [-0.25, -0.2) is 4.98 Å². The summed E-state index contributed by atoms with van der Waals surface area (Å²) >= 11 is 1.48. The molecule has 5 aromatic rings. The Hall–Kier alpha value is -3.45. The van der Waals surface area contributed by atoms with E-state index in [1.807, 2.05) is 11.4 Å². The van der Waals surface area contributed by atoms with E-state index in [2.05, 4.69) is 36.1 Å². The predicted molar refractivity (Wildman–Crippen MR) is 112 cm³/mol. The number of fused-ring (bicyclic) bond motifs is 1. The highest BCUT2D eigenvalue weighted by Crippen LogP contribution is 2.31. The third-order valence-corrected chi connectivity index (χ3v) is 5.92. The molecule has 0 aliphatic rings. The second-order valence-corrected chi connectivity index (χ2v) is 7.82. The smallest absolute Gasteiger partial charge is 0.263 e. The fourth-order valence-electron chi connectivity index (χ4n) is 3.30. The Balaban J connectivity index is 1.55. The summed E-state index contributed by atoms with van der Waals surface area (Å²) < 4.78 is 12.2. The number of thiophene rings is 1. The van der Waals surface area contributed by atoms with E-state index in [0.717, 1.165) is 16.0 Å². The van der Waals surface area contributed by atoms with Gasteiger partial charge in [-0.2, -0.15) is 0 Å². The molecule has 0 N–H and O–H groups in total. The minimum atomic E-state index is -0.0907. The molecule has 0 bridgehead atoms. The molecule has 5 rings (SSSR count). The average Bonchev–Trinajstić information content (AvgIpc) is 3.46. The lowest BCUT2D eigenvalue weighted by Crippen LogP contribution is -2.21. The van der Waals surface area contributed by atoms with Crippen molar-refractivity contribution >= 4 is 21.6 Å². The number of nitrogens with zero attached hydrogens (tertiary/aromatic N) is 3. The van der Waals surface area contributed by atoms with Gasteiger partial charge in [0, 0.05) is 17.0 Å². The summed E-state index contributed by atoms with van der Waals surface area (Å²) in [4.78, 5) is 18.4. The summed E-state index contributed by atoms with van der Waals surface area (Å²) in [7, 11) is 0. The van der Waals surface area contributed by atoms with E-state index < -0.39 is 0 Å². The van der Waals surface area contributed by atoms with Crippen LogP contribution in [-0.2, 0) is 6.54 Å². The molecular formula is C22H17N3O3S. The Morgan fingerprint density at radius 1 is 1.10 bits per heavy atom. The van der Waals surface area contributed by atoms with Gasteiger partial charge in [0.25, 0.3) is 5.56 Å². The fourth-order valence-corrected chi connectivity index (χ4v) is 4.20. The van der Waals surface area contributed by atoms with Gasteiger partial charge in [-0.15, -0.1) is 11.3 Å². The van der Waals surface area contributed by atoms with E-state index in [-0.39, 0.29) is 12.1 Å². The molecule has 4 heterocycles. The van der Waals surface area contributed by atoms with Crippen LogP contribution in [0.5, 0.6) is 0 Å². The minimum Gasteiger partial charge on any atom is -0.461 e. The molecule has 29 heavy (non-hydrogen) atoms. The molecule has 0 unspecified atom stereocenters. The van der Waals surface area contributed by atoms with Crippen LogP contribution in [0.25, 0.3) is 32.9 Å². The van der Waals surface area contributed by atoms with E-state index >= 15 is 0 Å². The molecule has 0 saturated heterocycles.